The van der Waals surface area contributed by atoms with Crippen LogP contribution in [0.3, 0.4) is 0 Å². The highest BCUT2D eigenvalue weighted by atomic mass is 14.7. The van der Waals surface area contributed by atoms with Crippen molar-refractivity contribution < 1.29 is 0 Å². The van der Waals surface area contributed by atoms with Crippen LogP contribution in [0.4, 0.5) is 5.69 Å². The molecule has 0 unspecified atom stereocenters. The number of aryl methyl sites for hydroxylation is 1. The van der Waals surface area contributed by atoms with Crippen molar-refractivity contribution in [3.63, 3.8) is 0 Å². The first kappa shape index (κ1) is 13.4. The predicted molar refractivity (Wildman–Crippen MR) is 78.1 cm³/mol. The second-order valence-corrected chi connectivity index (χ2v) is 3.81. The summed E-state index contributed by atoms with van der Waals surface area (Å²) in [6.45, 7) is 6.29. The Morgan fingerprint density at radius 1 is 1.18 bits per heavy atom. The number of benzene rings is 1. The molecule has 1 rings (SSSR count). The van der Waals surface area contributed by atoms with Gasteiger partial charge in [-0.15, -0.1) is 0 Å². The molecule has 1 aromatic rings. The minimum atomic E-state index is 0.968. The van der Waals surface area contributed by atoms with Gasteiger partial charge in [0.05, 0.1) is 5.69 Å². The summed E-state index contributed by atoms with van der Waals surface area (Å²) in [4.78, 5) is 4.57. The number of aliphatic imine (C=N–C) groups is 1. The summed E-state index contributed by atoms with van der Waals surface area (Å²) in [5, 5.41) is 0. The molecule has 0 aliphatic rings. The van der Waals surface area contributed by atoms with Crippen LogP contribution in [0.15, 0.2) is 41.4 Å². The molecule has 0 N–H and O–H groups in total. The molecule has 1 heteroatoms. The topological polar surface area (TPSA) is 12.4 Å². The minimum absolute atomic E-state index is 0.968. The van der Waals surface area contributed by atoms with Gasteiger partial charge in [-0.3, -0.25) is 4.99 Å². The summed E-state index contributed by atoms with van der Waals surface area (Å²) < 4.78 is 0. The highest BCUT2D eigenvalue weighted by molar-refractivity contribution is 5.73. The van der Waals surface area contributed by atoms with Gasteiger partial charge in [0.1, 0.15) is 0 Å². The lowest BCUT2D eigenvalue weighted by Crippen LogP contribution is -1.85. The van der Waals surface area contributed by atoms with Crippen LogP contribution in [0.1, 0.15) is 38.3 Å². The van der Waals surface area contributed by atoms with Gasteiger partial charge in [0.2, 0.25) is 0 Å². The quantitative estimate of drug-likeness (QED) is 0.498. The van der Waals surface area contributed by atoms with Crippen molar-refractivity contribution in [3.05, 3.63) is 47.6 Å². The Hall–Kier alpha value is -1.63. The van der Waals surface area contributed by atoms with Crippen LogP contribution in [0.5, 0.6) is 0 Å². The Bertz CT molecular complexity index is 425. The van der Waals surface area contributed by atoms with Crippen LogP contribution < -0.4 is 0 Å². The third kappa shape index (κ3) is 4.03. The van der Waals surface area contributed by atoms with Gasteiger partial charge in [0, 0.05) is 11.8 Å². The van der Waals surface area contributed by atoms with Crippen molar-refractivity contribution in [2.75, 3.05) is 0 Å². The number of rotatable bonds is 5. The van der Waals surface area contributed by atoms with E-state index in [4.69, 9.17) is 0 Å². The van der Waals surface area contributed by atoms with E-state index in [2.05, 4.69) is 49.2 Å². The summed E-state index contributed by atoms with van der Waals surface area (Å²) in [6, 6.07) is 6.36. The fourth-order valence-corrected chi connectivity index (χ4v) is 1.64. The zero-order valence-electron chi connectivity index (χ0n) is 11.0. The SMILES string of the molecule is C/C=C\C=C/c1cccc(CC)c1/N=C\CC. The Labute approximate surface area is 105 Å². The van der Waals surface area contributed by atoms with E-state index in [1.807, 2.05) is 25.3 Å². The molecule has 0 saturated carbocycles. The first-order chi connectivity index (χ1) is 8.33. The summed E-state index contributed by atoms with van der Waals surface area (Å²) in [5.74, 6) is 0. The van der Waals surface area contributed by atoms with Gasteiger partial charge < -0.3 is 0 Å². The lowest BCUT2D eigenvalue weighted by molar-refractivity contribution is 1.13. The van der Waals surface area contributed by atoms with Gasteiger partial charge in [-0.1, -0.05) is 56.4 Å². The molecule has 0 fully saturated rings. The van der Waals surface area contributed by atoms with E-state index in [0.29, 0.717) is 0 Å². The summed E-state index contributed by atoms with van der Waals surface area (Å²) >= 11 is 0. The van der Waals surface area contributed by atoms with Crippen molar-refractivity contribution in [2.45, 2.75) is 33.6 Å². The minimum Gasteiger partial charge on any atom is -0.260 e. The fraction of sp³-hybridized carbons (Fsp3) is 0.312. The van der Waals surface area contributed by atoms with Gasteiger partial charge >= 0.3 is 0 Å². The van der Waals surface area contributed by atoms with Gasteiger partial charge in [-0.05, 0) is 25.3 Å². The molecule has 0 aliphatic heterocycles. The second kappa shape index (κ2) is 7.61. The van der Waals surface area contributed by atoms with Crippen LogP contribution >= 0.6 is 0 Å². The Kier molecular flexibility index (Phi) is 6.02. The smallest absolute Gasteiger partial charge is 0.0729 e. The molecule has 0 aliphatic carbocycles. The van der Waals surface area contributed by atoms with E-state index < -0.39 is 0 Å². The van der Waals surface area contributed by atoms with Gasteiger partial charge in [0.25, 0.3) is 0 Å². The molecule has 0 radical (unpaired) electrons. The van der Waals surface area contributed by atoms with Crippen molar-refractivity contribution in [2.24, 2.45) is 4.99 Å². The number of hydrogen-bond acceptors (Lipinski definition) is 1. The standard InChI is InChI=1S/C16H21N/c1-4-7-8-10-15-12-9-11-14(6-3)16(15)17-13-5-2/h4,7-13H,5-6H2,1-3H3/b7-4-,10-8-,17-13-. The van der Waals surface area contributed by atoms with E-state index in [1.165, 1.54) is 11.1 Å². The van der Waals surface area contributed by atoms with Gasteiger partial charge in [-0.25, -0.2) is 0 Å². The summed E-state index contributed by atoms with van der Waals surface area (Å²) in [5.41, 5.74) is 3.60. The maximum absolute atomic E-state index is 4.57. The van der Waals surface area contributed by atoms with Crippen LogP contribution in [-0.2, 0) is 6.42 Å². The normalized spacial score (nSPS) is 12.2. The third-order valence-electron chi connectivity index (χ3n) is 2.51. The van der Waals surface area contributed by atoms with E-state index in [1.54, 1.807) is 0 Å². The molecule has 17 heavy (non-hydrogen) atoms. The molecule has 90 valence electrons. The Morgan fingerprint density at radius 3 is 2.65 bits per heavy atom. The van der Waals surface area contributed by atoms with E-state index in [9.17, 15) is 0 Å². The van der Waals surface area contributed by atoms with Gasteiger partial charge in [0.15, 0.2) is 0 Å². The molecule has 0 amide bonds. The third-order valence-corrected chi connectivity index (χ3v) is 2.51. The highest BCUT2D eigenvalue weighted by Gasteiger charge is 2.02. The molecule has 0 bridgehead atoms. The van der Waals surface area contributed by atoms with Crippen molar-refractivity contribution in [3.8, 4) is 0 Å². The predicted octanol–water partition coefficient (Wildman–Crippen LogP) is 4.95. The number of para-hydroxylation sites is 1. The molecular weight excluding hydrogens is 206 g/mol. The summed E-state index contributed by atoms with van der Waals surface area (Å²) in [7, 11) is 0. The largest absolute Gasteiger partial charge is 0.260 e. The zero-order valence-corrected chi connectivity index (χ0v) is 11.0. The molecular formula is C16H21N. The van der Waals surface area contributed by atoms with Crippen LogP contribution in [0, 0.1) is 0 Å². The monoisotopic (exact) mass is 227 g/mol. The fourth-order valence-electron chi connectivity index (χ4n) is 1.64. The summed E-state index contributed by atoms with van der Waals surface area (Å²) in [6.07, 6.45) is 12.2. The van der Waals surface area contributed by atoms with Crippen LogP contribution in [-0.4, -0.2) is 6.21 Å². The second-order valence-electron chi connectivity index (χ2n) is 3.81. The molecule has 1 aromatic carbocycles. The zero-order chi connectivity index (χ0) is 12.5. The maximum atomic E-state index is 4.57. The molecule has 0 saturated heterocycles. The van der Waals surface area contributed by atoms with Crippen LogP contribution in [0.25, 0.3) is 6.08 Å². The van der Waals surface area contributed by atoms with Gasteiger partial charge in [-0.2, -0.15) is 0 Å². The van der Waals surface area contributed by atoms with Crippen molar-refractivity contribution in [1.82, 2.24) is 0 Å². The van der Waals surface area contributed by atoms with Crippen LogP contribution in [0.2, 0.25) is 0 Å². The molecule has 1 nitrogen and oxygen atoms in total. The average molecular weight is 227 g/mol. The van der Waals surface area contributed by atoms with Crippen molar-refractivity contribution >= 4 is 18.0 Å². The lowest BCUT2D eigenvalue weighted by atomic mass is 10.0. The van der Waals surface area contributed by atoms with E-state index in [-0.39, 0.29) is 0 Å². The number of hydrogen-bond donors (Lipinski definition) is 0. The maximum Gasteiger partial charge on any atom is 0.0729 e. The van der Waals surface area contributed by atoms with E-state index >= 15 is 0 Å². The van der Waals surface area contributed by atoms with E-state index in [0.717, 1.165) is 18.5 Å². The first-order valence-electron chi connectivity index (χ1n) is 6.27. The first-order valence-corrected chi connectivity index (χ1v) is 6.27. The highest BCUT2D eigenvalue weighted by Crippen LogP contribution is 2.26. The average Bonchev–Trinajstić information content (AvgIpc) is 2.37. The molecule has 0 aromatic heterocycles. The number of nitrogens with zero attached hydrogens (tertiary/aromatic N) is 1. The van der Waals surface area contributed by atoms with Crippen molar-refractivity contribution in [1.29, 1.82) is 0 Å². The molecule has 0 heterocycles. The lowest BCUT2D eigenvalue weighted by Gasteiger charge is -2.06. The molecule has 0 spiro atoms. The Morgan fingerprint density at radius 2 is 2.00 bits per heavy atom. The molecule has 0 atom stereocenters. The Balaban J connectivity index is 3.14. The number of allylic oxidation sites excluding steroid dienone is 3.